The third-order valence-electron chi connectivity index (χ3n) is 10.6. The third-order valence-corrected chi connectivity index (χ3v) is 12.0. The first-order chi connectivity index (χ1) is 27.4. The quantitative estimate of drug-likeness (QED) is 0.294. The summed E-state index contributed by atoms with van der Waals surface area (Å²) < 4.78 is 45.4. The monoisotopic (exact) mass is 823 g/mol. The molecule has 3 aliphatic heterocycles. The van der Waals surface area contributed by atoms with Crippen LogP contribution in [0.1, 0.15) is 87.2 Å². The minimum absolute atomic E-state index is 0.0248. The van der Waals surface area contributed by atoms with Crippen LogP contribution in [0.2, 0.25) is 0 Å². The number of carbonyl (C=O) groups is 6. The molecule has 6 rings (SSSR count). The number of carboxylic acid groups (broad SMARTS) is 1. The van der Waals surface area contributed by atoms with Crippen molar-refractivity contribution in [3.05, 3.63) is 71.3 Å². The summed E-state index contributed by atoms with van der Waals surface area (Å²) in [5.41, 5.74) is -1.13. The minimum atomic E-state index is -4.67. The topological polar surface area (TPSA) is 227 Å². The number of nitrogens with one attached hydrogen (secondary N) is 3. The van der Waals surface area contributed by atoms with Crippen LogP contribution in [0.4, 0.5) is 9.59 Å². The molecular weight excluding hydrogens is 775 g/mol. The summed E-state index contributed by atoms with van der Waals surface area (Å²) in [6.07, 6.45) is 3.78. The van der Waals surface area contributed by atoms with E-state index in [0.717, 1.165) is 29.3 Å². The number of sulfonamides is 1. The largest absolute Gasteiger partial charge is 0.496 e. The zero-order chi connectivity index (χ0) is 42.0. The highest BCUT2D eigenvalue weighted by atomic mass is 32.2. The van der Waals surface area contributed by atoms with Crippen LogP contribution in [0.3, 0.4) is 0 Å². The lowest BCUT2D eigenvalue weighted by atomic mass is 10.0. The molecule has 5 atom stereocenters. The molecule has 0 spiro atoms. The lowest BCUT2D eigenvalue weighted by molar-refractivity contribution is -0.141. The Labute approximate surface area is 336 Å². The fourth-order valence-corrected chi connectivity index (χ4v) is 8.65. The second kappa shape index (κ2) is 16.7. The van der Waals surface area contributed by atoms with Crippen molar-refractivity contribution in [2.24, 2.45) is 5.92 Å². The van der Waals surface area contributed by atoms with E-state index in [4.69, 9.17) is 14.2 Å². The number of hydrogen-bond donors (Lipinski definition) is 4. The number of aromatic carboxylic acids is 1. The van der Waals surface area contributed by atoms with Crippen molar-refractivity contribution in [2.45, 2.75) is 113 Å². The Balaban J connectivity index is 1.27. The summed E-state index contributed by atoms with van der Waals surface area (Å²) in [6, 6.07) is 8.28. The lowest BCUT2D eigenvalue weighted by Gasteiger charge is -2.30. The van der Waals surface area contributed by atoms with E-state index in [1.807, 2.05) is 35.1 Å². The number of rotatable bonds is 7. The van der Waals surface area contributed by atoms with Gasteiger partial charge < -0.3 is 34.9 Å². The molecule has 58 heavy (non-hydrogen) atoms. The number of allylic oxidation sites excluding steroid dienone is 1. The van der Waals surface area contributed by atoms with E-state index >= 15 is 0 Å². The molecular formula is C40H49N5O12S. The molecule has 0 bridgehead atoms. The van der Waals surface area contributed by atoms with Crippen LogP contribution in [0.15, 0.2) is 59.5 Å². The highest BCUT2D eigenvalue weighted by Crippen LogP contribution is 2.46. The van der Waals surface area contributed by atoms with E-state index in [2.05, 4.69) is 10.6 Å². The fourth-order valence-electron chi connectivity index (χ4n) is 7.59. The zero-order valence-electron chi connectivity index (χ0n) is 32.8. The molecule has 4 aliphatic rings. The number of benzene rings is 2. The first-order valence-electron chi connectivity index (χ1n) is 19.2. The number of hydrogen-bond acceptors (Lipinski definition) is 11. The van der Waals surface area contributed by atoms with E-state index in [0.29, 0.717) is 38.8 Å². The summed E-state index contributed by atoms with van der Waals surface area (Å²) in [6.45, 7) is 5.49. The fraction of sp³-hybridized carbons (Fsp3) is 0.500. The molecule has 17 nitrogen and oxygen atoms in total. The number of fused-ring (bicyclic) bond motifs is 3. The Morgan fingerprint density at radius 1 is 1.00 bits per heavy atom. The number of alkyl carbamates (subject to hydrolysis) is 1. The number of amides is 5. The van der Waals surface area contributed by atoms with Crippen LogP contribution in [-0.2, 0) is 47.0 Å². The van der Waals surface area contributed by atoms with Gasteiger partial charge in [-0.15, -0.1) is 0 Å². The molecule has 1 aliphatic carbocycles. The average Bonchev–Trinajstić information content (AvgIpc) is 3.45. The standard InChI is InChI=1S/C40H49N5O12S/c1-39(2,3)57-37(51)41-30-15-9-7-5-6-8-14-26-20-40(26,36(50)43-58(53,54)28-16-17-32(55-4)29(19-28)35(48)49)42-33(46)31-18-27(23-45(31)34(30)47)56-38(52)44-21-24-12-10-11-13-25(24)22-44/h8,10-14,16-17,19,26-27,30-31H,5-7,9,15,18,20-23H2,1-4H3,(H,41,51)(H,42,46)(H,43,50)(H,48,49). The maximum atomic E-state index is 14.4. The van der Waals surface area contributed by atoms with E-state index < -0.39 is 91.6 Å². The second-order valence-electron chi connectivity index (χ2n) is 16.0. The van der Waals surface area contributed by atoms with Gasteiger partial charge in [-0.1, -0.05) is 49.3 Å². The van der Waals surface area contributed by atoms with Crippen LogP contribution in [-0.4, -0.2) is 102 Å². The molecule has 2 aromatic carbocycles. The predicted octanol–water partition coefficient (Wildman–Crippen LogP) is 3.61. The highest BCUT2D eigenvalue weighted by molar-refractivity contribution is 7.90. The van der Waals surface area contributed by atoms with E-state index in [9.17, 15) is 42.3 Å². The van der Waals surface area contributed by atoms with Gasteiger partial charge in [-0.3, -0.25) is 19.3 Å². The zero-order valence-corrected chi connectivity index (χ0v) is 33.6. The second-order valence-corrected chi connectivity index (χ2v) is 17.7. The van der Waals surface area contributed by atoms with Crippen molar-refractivity contribution >= 4 is 45.9 Å². The number of ether oxygens (including phenoxy) is 3. The Morgan fingerprint density at radius 2 is 1.71 bits per heavy atom. The van der Waals surface area contributed by atoms with E-state index in [1.54, 1.807) is 26.8 Å². The van der Waals surface area contributed by atoms with Crippen molar-refractivity contribution in [1.82, 2.24) is 25.2 Å². The Kier molecular flexibility index (Phi) is 12.1. The molecule has 2 aromatic rings. The molecule has 1 saturated carbocycles. The summed E-state index contributed by atoms with van der Waals surface area (Å²) in [7, 11) is -3.44. The maximum Gasteiger partial charge on any atom is 0.410 e. The molecule has 3 heterocycles. The highest BCUT2D eigenvalue weighted by Gasteiger charge is 2.62. The van der Waals surface area contributed by atoms with Crippen molar-refractivity contribution in [1.29, 1.82) is 0 Å². The summed E-state index contributed by atoms with van der Waals surface area (Å²) >= 11 is 0. The van der Waals surface area contributed by atoms with Crippen LogP contribution in [0.25, 0.3) is 0 Å². The van der Waals surface area contributed by atoms with Crippen molar-refractivity contribution in [2.75, 3.05) is 13.7 Å². The van der Waals surface area contributed by atoms with E-state index in [-0.39, 0.29) is 31.6 Å². The summed E-state index contributed by atoms with van der Waals surface area (Å²) in [4.78, 5) is 83.3. The van der Waals surface area contributed by atoms with Gasteiger partial charge in [0.15, 0.2) is 0 Å². The van der Waals surface area contributed by atoms with Gasteiger partial charge in [0.05, 0.1) is 18.6 Å². The molecule has 0 radical (unpaired) electrons. The average molecular weight is 824 g/mol. The number of carbonyl (C=O) groups excluding carboxylic acids is 5. The smallest absolute Gasteiger partial charge is 0.410 e. The maximum absolute atomic E-state index is 14.4. The summed E-state index contributed by atoms with van der Waals surface area (Å²) in [5, 5.41) is 15.0. The summed E-state index contributed by atoms with van der Waals surface area (Å²) in [5.74, 6) is -4.65. The first-order valence-corrected chi connectivity index (χ1v) is 20.7. The van der Waals surface area contributed by atoms with Gasteiger partial charge in [0.25, 0.3) is 15.9 Å². The predicted molar refractivity (Wildman–Crippen MR) is 206 cm³/mol. The molecule has 4 N–H and O–H groups in total. The Bertz CT molecular complexity index is 2090. The van der Waals surface area contributed by atoms with Crippen molar-refractivity contribution in [3.63, 3.8) is 0 Å². The van der Waals surface area contributed by atoms with Crippen LogP contribution in [0, 0.1) is 5.92 Å². The van der Waals surface area contributed by atoms with Gasteiger partial charge in [0.1, 0.15) is 40.6 Å². The molecule has 2 fully saturated rings. The van der Waals surface area contributed by atoms with Gasteiger partial charge in [-0.2, -0.15) is 0 Å². The molecule has 312 valence electrons. The molecule has 18 heteroatoms. The molecule has 5 unspecified atom stereocenters. The van der Waals surface area contributed by atoms with Crippen molar-refractivity contribution < 1.29 is 56.5 Å². The minimum Gasteiger partial charge on any atom is -0.496 e. The Hall–Kier alpha value is -5.65. The third kappa shape index (κ3) is 9.38. The SMILES string of the molecule is COc1ccc(S(=O)(=O)NC(=O)C23CC2C=CCCCCCC(NC(=O)OC(C)(C)C)C(=O)N2CC(OC(=O)N4Cc5ccccc5C4)CC2C(=O)N3)cc1C(=O)O. The molecule has 0 aromatic heterocycles. The van der Waals surface area contributed by atoms with Gasteiger partial charge in [0, 0.05) is 25.4 Å². The van der Waals surface area contributed by atoms with Crippen LogP contribution in [0.5, 0.6) is 5.75 Å². The first kappa shape index (κ1) is 42.0. The van der Waals surface area contributed by atoms with Gasteiger partial charge in [-0.25, -0.2) is 27.5 Å². The number of carboxylic acids is 1. The van der Waals surface area contributed by atoms with Crippen LogP contribution >= 0.6 is 0 Å². The molecule has 5 amide bonds. The number of methoxy groups -OCH3 is 1. The van der Waals surface area contributed by atoms with Gasteiger partial charge >= 0.3 is 18.2 Å². The van der Waals surface area contributed by atoms with Crippen molar-refractivity contribution in [3.8, 4) is 5.75 Å². The van der Waals surface area contributed by atoms with Crippen LogP contribution < -0.4 is 20.1 Å². The Morgan fingerprint density at radius 3 is 2.36 bits per heavy atom. The van der Waals surface area contributed by atoms with Gasteiger partial charge in [0.2, 0.25) is 11.8 Å². The van der Waals surface area contributed by atoms with Gasteiger partial charge in [-0.05, 0) is 75.8 Å². The molecule has 1 saturated heterocycles. The van der Waals surface area contributed by atoms with E-state index in [1.165, 1.54) is 16.9 Å². The lowest BCUT2D eigenvalue weighted by Crippen LogP contribution is -2.58. The normalized spacial score (nSPS) is 24.8. The number of nitrogens with zero attached hydrogens (tertiary/aromatic N) is 2.